The Morgan fingerprint density at radius 1 is 1.32 bits per heavy atom. The monoisotopic (exact) mass is 365 g/mol. The third kappa shape index (κ3) is 3.93. The predicted octanol–water partition coefficient (Wildman–Crippen LogP) is 2.24. The third-order valence-corrected chi connectivity index (χ3v) is 4.38. The SMILES string of the molecule is CC1=C(C(=O)O)C(c2ccccc2Cl)N(CCC(=O)N(C)C)C(=O)N1. The molecular weight excluding hydrogens is 346 g/mol. The molecule has 1 unspecified atom stereocenters. The van der Waals surface area contributed by atoms with E-state index in [-0.39, 0.29) is 30.1 Å². The normalized spacial score (nSPS) is 17.4. The molecule has 1 aromatic carbocycles. The highest BCUT2D eigenvalue weighted by atomic mass is 35.5. The van der Waals surface area contributed by atoms with Crippen LogP contribution in [0.25, 0.3) is 0 Å². The Bertz CT molecular complexity index is 745. The zero-order valence-corrected chi connectivity index (χ0v) is 15.0. The summed E-state index contributed by atoms with van der Waals surface area (Å²) < 4.78 is 0. The Morgan fingerprint density at radius 3 is 2.52 bits per heavy atom. The van der Waals surface area contributed by atoms with Gasteiger partial charge in [0.15, 0.2) is 0 Å². The summed E-state index contributed by atoms with van der Waals surface area (Å²) in [6.07, 6.45) is 0.0767. The van der Waals surface area contributed by atoms with Crippen LogP contribution in [-0.4, -0.2) is 53.5 Å². The number of halogens is 1. The second kappa shape index (κ2) is 7.57. The van der Waals surface area contributed by atoms with Crippen molar-refractivity contribution in [2.75, 3.05) is 20.6 Å². The number of hydrogen-bond acceptors (Lipinski definition) is 3. The average Bonchev–Trinajstić information content (AvgIpc) is 2.53. The van der Waals surface area contributed by atoms with Crippen molar-refractivity contribution in [3.63, 3.8) is 0 Å². The van der Waals surface area contributed by atoms with Crippen LogP contribution in [0.2, 0.25) is 5.02 Å². The highest BCUT2D eigenvalue weighted by molar-refractivity contribution is 6.31. The molecule has 3 amide bonds. The van der Waals surface area contributed by atoms with E-state index in [1.807, 2.05) is 0 Å². The summed E-state index contributed by atoms with van der Waals surface area (Å²) >= 11 is 6.25. The zero-order valence-electron chi connectivity index (χ0n) is 14.2. The molecule has 2 rings (SSSR count). The highest BCUT2D eigenvalue weighted by Crippen LogP contribution is 2.37. The van der Waals surface area contributed by atoms with Crippen molar-refractivity contribution in [3.05, 3.63) is 46.1 Å². The van der Waals surface area contributed by atoms with Gasteiger partial charge in [-0.15, -0.1) is 0 Å². The molecule has 0 bridgehead atoms. The fraction of sp³-hybridized carbons (Fsp3) is 0.353. The zero-order chi connectivity index (χ0) is 18.7. The quantitative estimate of drug-likeness (QED) is 0.837. The number of amides is 3. The number of nitrogens with one attached hydrogen (secondary N) is 1. The Labute approximate surface area is 150 Å². The second-order valence-corrected chi connectivity index (χ2v) is 6.34. The van der Waals surface area contributed by atoms with Gasteiger partial charge in [0.05, 0.1) is 11.6 Å². The molecule has 1 aliphatic rings. The molecule has 2 N–H and O–H groups in total. The molecule has 0 saturated carbocycles. The molecule has 1 atom stereocenters. The smallest absolute Gasteiger partial charge is 0.335 e. The van der Waals surface area contributed by atoms with Crippen molar-refractivity contribution in [1.82, 2.24) is 15.1 Å². The Hall–Kier alpha value is -2.54. The maximum atomic E-state index is 12.5. The maximum Gasteiger partial charge on any atom is 0.335 e. The van der Waals surface area contributed by atoms with Crippen LogP contribution >= 0.6 is 11.6 Å². The van der Waals surface area contributed by atoms with Gasteiger partial charge in [0.2, 0.25) is 5.91 Å². The summed E-state index contributed by atoms with van der Waals surface area (Å²) in [6, 6.07) is 5.45. The second-order valence-electron chi connectivity index (χ2n) is 5.93. The lowest BCUT2D eigenvalue weighted by molar-refractivity contribution is -0.133. The first-order valence-electron chi connectivity index (χ1n) is 7.70. The van der Waals surface area contributed by atoms with Crippen molar-refractivity contribution in [1.29, 1.82) is 0 Å². The van der Waals surface area contributed by atoms with Gasteiger partial charge in [-0.05, 0) is 18.6 Å². The number of rotatable bonds is 5. The molecular formula is C17H20ClN3O4. The lowest BCUT2D eigenvalue weighted by Crippen LogP contribution is -2.49. The lowest BCUT2D eigenvalue weighted by Gasteiger charge is -2.37. The van der Waals surface area contributed by atoms with Gasteiger partial charge in [-0.25, -0.2) is 9.59 Å². The molecule has 0 saturated heterocycles. The molecule has 1 aliphatic heterocycles. The van der Waals surface area contributed by atoms with Gasteiger partial charge in [0, 0.05) is 37.8 Å². The topological polar surface area (TPSA) is 90.0 Å². The van der Waals surface area contributed by atoms with Crippen LogP contribution in [0, 0.1) is 0 Å². The van der Waals surface area contributed by atoms with E-state index in [1.54, 1.807) is 38.4 Å². The molecule has 134 valence electrons. The van der Waals surface area contributed by atoms with E-state index in [4.69, 9.17) is 11.6 Å². The Kier molecular flexibility index (Phi) is 5.69. The largest absolute Gasteiger partial charge is 0.478 e. The van der Waals surface area contributed by atoms with Gasteiger partial charge in [0.25, 0.3) is 0 Å². The van der Waals surface area contributed by atoms with Crippen LogP contribution in [0.3, 0.4) is 0 Å². The van der Waals surface area contributed by atoms with Crippen LogP contribution in [0.1, 0.15) is 24.9 Å². The average molecular weight is 366 g/mol. The summed E-state index contributed by atoms with van der Waals surface area (Å²) in [5, 5.41) is 12.6. The first kappa shape index (κ1) is 18.8. The fourth-order valence-corrected chi connectivity index (χ4v) is 2.98. The van der Waals surface area contributed by atoms with E-state index < -0.39 is 18.0 Å². The van der Waals surface area contributed by atoms with E-state index >= 15 is 0 Å². The van der Waals surface area contributed by atoms with E-state index in [2.05, 4.69) is 5.32 Å². The minimum atomic E-state index is -1.15. The summed E-state index contributed by atoms with van der Waals surface area (Å²) in [4.78, 5) is 38.9. The molecule has 0 fully saturated rings. The number of carboxylic acids is 1. The molecule has 25 heavy (non-hydrogen) atoms. The first-order valence-corrected chi connectivity index (χ1v) is 8.08. The van der Waals surface area contributed by atoms with Gasteiger partial charge in [-0.1, -0.05) is 29.8 Å². The number of hydrogen-bond donors (Lipinski definition) is 2. The molecule has 0 radical (unpaired) electrons. The number of carbonyl (C=O) groups is 3. The highest BCUT2D eigenvalue weighted by Gasteiger charge is 2.38. The number of carbonyl (C=O) groups excluding carboxylic acids is 2. The first-order chi connectivity index (χ1) is 11.7. The van der Waals surface area contributed by atoms with E-state index in [0.29, 0.717) is 10.6 Å². The summed E-state index contributed by atoms with van der Waals surface area (Å²) in [5.41, 5.74) is 0.802. The molecule has 7 nitrogen and oxygen atoms in total. The standard InChI is InChI=1S/C17H20ClN3O4/c1-10-14(16(23)24)15(11-6-4-5-7-12(11)18)21(17(25)19-10)9-8-13(22)20(2)3/h4-7,15H,8-9H2,1-3H3,(H,19,25)(H,23,24). The molecule has 8 heteroatoms. The number of nitrogens with zero attached hydrogens (tertiary/aromatic N) is 2. The number of allylic oxidation sites excluding steroid dienone is 1. The van der Waals surface area contributed by atoms with Gasteiger partial charge in [-0.3, -0.25) is 4.79 Å². The third-order valence-electron chi connectivity index (χ3n) is 4.04. The number of urea groups is 1. The predicted molar refractivity (Wildman–Crippen MR) is 93.1 cm³/mol. The molecule has 0 spiro atoms. The Morgan fingerprint density at radius 2 is 1.96 bits per heavy atom. The molecule has 1 aromatic rings. The lowest BCUT2D eigenvalue weighted by atomic mass is 9.93. The van der Waals surface area contributed by atoms with Gasteiger partial charge < -0.3 is 20.2 Å². The summed E-state index contributed by atoms with van der Waals surface area (Å²) in [5.74, 6) is -1.31. The van der Waals surface area contributed by atoms with Crippen molar-refractivity contribution in [2.45, 2.75) is 19.4 Å². The van der Waals surface area contributed by atoms with Crippen LogP contribution in [0.15, 0.2) is 35.5 Å². The summed E-state index contributed by atoms with van der Waals surface area (Å²) in [7, 11) is 3.24. The van der Waals surface area contributed by atoms with Crippen molar-refractivity contribution in [2.24, 2.45) is 0 Å². The number of carboxylic acid groups (broad SMARTS) is 1. The van der Waals surface area contributed by atoms with E-state index in [9.17, 15) is 19.5 Å². The van der Waals surface area contributed by atoms with Crippen LogP contribution in [0.4, 0.5) is 4.79 Å². The number of benzene rings is 1. The summed E-state index contributed by atoms with van der Waals surface area (Å²) in [6.45, 7) is 1.61. The molecule has 0 aromatic heterocycles. The Balaban J connectivity index is 2.48. The van der Waals surface area contributed by atoms with Crippen molar-refractivity contribution < 1.29 is 19.5 Å². The van der Waals surface area contributed by atoms with E-state index in [0.717, 1.165) is 0 Å². The van der Waals surface area contributed by atoms with Crippen LogP contribution in [0.5, 0.6) is 0 Å². The molecule has 1 heterocycles. The number of aliphatic carboxylic acids is 1. The minimum Gasteiger partial charge on any atom is -0.478 e. The maximum absolute atomic E-state index is 12.5. The van der Waals surface area contributed by atoms with Crippen LogP contribution < -0.4 is 5.32 Å². The van der Waals surface area contributed by atoms with Crippen molar-refractivity contribution >= 4 is 29.5 Å². The van der Waals surface area contributed by atoms with Gasteiger partial charge >= 0.3 is 12.0 Å². The van der Waals surface area contributed by atoms with Gasteiger partial charge in [0.1, 0.15) is 0 Å². The van der Waals surface area contributed by atoms with Crippen LogP contribution in [-0.2, 0) is 9.59 Å². The molecule has 0 aliphatic carbocycles. The van der Waals surface area contributed by atoms with E-state index in [1.165, 1.54) is 16.7 Å². The van der Waals surface area contributed by atoms with Gasteiger partial charge in [-0.2, -0.15) is 0 Å². The van der Waals surface area contributed by atoms with Crippen molar-refractivity contribution in [3.8, 4) is 0 Å². The fourth-order valence-electron chi connectivity index (χ4n) is 2.75. The minimum absolute atomic E-state index is 0.0324.